The first kappa shape index (κ1) is 12.6. The van der Waals surface area contributed by atoms with Crippen LogP contribution in [0, 0.1) is 0 Å². The van der Waals surface area contributed by atoms with E-state index in [1.807, 2.05) is 0 Å². The van der Waals surface area contributed by atoms with E-state index < -0.39 is 18.2 Å². The van der Waals surface area contributed by atoms with Gasteiger partial charge in [-0.3, -0.25) is 0 Å². The maximum absolute atomic E-state index is 10.8. The molecule has 6 heteroatoms. The Morgan fingerprint density at radius 3 is 2.81 bits per heavy atom. The third kappa shape index (κ3) is 2.75. The van der Waals surface area contributed by atoms with Crippen LogP contribution in [0.15, 0.2) is 18.3 Å². The summed E-state index contributed by atoms with van der Waals surface area (Å²) < 4.78 is 0. The Bertz CT molecular complexity index is 370. The Morgan fingerprint density at radius 1 is 1.56 bits per heavy atom. The molecule has 0 aliphatic rings. The van der Waals surface area contributed by atoms with Gasteiger partial charge < -0.3 is 20.6 Å². The van der Waals surface area contributed by atoms with E-state index in [-0.39, 0.29) is 17.8 Å². The van der Waals surface area contributed by atoms with Gasteiger partial charge in [-0.2, -0.15) is 0 Å². The van der Waals surface area contributed by atoms with Crippen LogP contribution in [-0.2, 0) is 0 Å². The zero-order valence-electron chi connectivity index (χ0n) is 8.79. The lowest BCUT2D eigenvalue weighted by Gasteiger charge is -2.18. The van der Waals surface area contributed by atoms with Gasteiger partial charge in [-0.15, -0.1) is 0 Å². The molecule has 4 N–H and O–H groups in total. The molecule has 0 aliphatic heterocycles. The van der Waals surface area contributed by atoms with E-state index in [1.54, 1.807) is 7.05 Å². The van der Waals surface area contributed by atoms with Gasteiger partial charge in [0.15, 0.2) is 5.69 Å². The van der Waals surface area contributed by atoms with Gasteiger partial charge in [0.05, 0.1) is 6.10 Å². The number of rotatable bonds is 5. The maximum atomic E-state index is 10.8. The van der Waals surface area contributed by atoms with Crippen LogP contribution < -0.4 is 5.32 Å². The molecular weight excluding hydrogens is 212 g/mol. The van der Waals surface area contributed by atoms with E-state index in [0.717, 1.165) is 0 Å². The number of carbonyl (C=O) groups is 1. The number of aliphatic hydroxyl groups excluding tert-OH is 2. The fourth-order valence-electron chi connectivity index (χ4n) is 1.36. The summed E-state index contributed by atoms with van der Waals surface area (Å²) >= 11 is 0. The first-order valence-corrected chi connectivity index (χ1v) is 4.77. The Balaban J connectivity index is 2.98. The van der Waals surface area contributed by atoms with Gasteiger partial charge in [-0.25, -0.2) is 9.78 Å². The van der Waals surface area contributed by atoms with Crippen LogP contribution in [0.5, 0.6) is 0 Å². The average molecular weight is 226 g/mol. The number of aliphatic hydroxyl groups is 2. The first-order valence-electron chi connectivity index (χ1n) is 4.77. The zero-order valence-corrected chi connectivity index (χ0v) is 8.79. The number of hydrogen-bond donors (Lipinski definition) is 4. The molecule has 1 aromatic rings. The van der Waals surface area contributed by atoms with Gasteiger partial charge in [0.25, 0.3) is 0 Å². The van der Waals surface area contributed by atoms with E-state index >= 15 is 0 Å². The zero-order chi connectivity index (χ0) is 12.1. The van der Waals surface area contributed by atoms with E-state index in [9.17, 15) is 15.0 Å². The third-order valence-electron chi connectivity index (χ3n) is 2.14. The second-order valence-corrected chi connectivity index (χ2v) is 3.32. The summed E-state index contributed by atoms with van der Waals surface area (Å²) in [6, 6.07) is 2.94. The van der Waals surface area contributed by atoms with E-state index in [1.165, 1.54) is 18.3 Å². The molecule has 2 unspecified atom stereocenters. The number of carboxylic acids is 1. The van der Waals surface area contributed by atoms with Crippen molar-refractivity contribution in [3.63, 3.8) is 0 Å². The molecule has 1 aromatic heterocycles. The molecule has 0 radical (unpaired) electrons. The third-order valence-corrected chi connectivity index (χ3v) is 2.14. The van der Waals surface area contributed by atoms with Crippen molar-refractivity contribution in [2.24, 2.45) is 0 Å². The van der Waals surface area contributed by atoms with Crippen LogP contribution in [0.1, 0.15) is 22.2 Å². The minimum absolute atomic E-state index is 0.109. The summed E-state index contributed by atoms with van der Waals surface area (Å²) in [5, 5.41) is 30.8. The number of aromatic nitrogens is 1. The lowest BCUT2D eigenvalue weighted by atomic mass is 10.0. The summed E-state index contributed by atoms with van der Waals surface area (Å²) in [6.45, 7) is 0.162. The molecule has 0 saturated heterocycles. The Hall–Kier alpha value is -1.50. The summed E-state index contributed by atoms with van der Waals surface area (Å²) in [6.07, 6.45) is -1.02. The van der Waals surface area contributed by atoms with Gasteiger partial charge in [-0.05, 0) is 13.1 Å². The van der Waals surface area contributed by atoms with Crippen molar-refractivity contribution in [2.75, 3.05) is 13.6 Å². The standard InChI is InChI=1S/C10H14N2O4/c1-11-5-7(13)9(14)6-3-2-4-12-8(6)10(15)16/h2-4,7,9,11,13-14H,5H2,1H3,(H,15,16). The molecule has 0 saturated carbocycles. The van der Waals surface area contributed by atoms with E-state index in [2.05, 4.69) is 10.3 Å². The van der Waals surface area contributed by atoms with Crippen molar-refractivity contribution in [1.82, 2.24) is 10.3 Å². The largest absolute Gasteiger partial charge is 0.477 e. The average Bonchev–Trinajstić information content (AvgIpc) is 2.28. The summed E-state index contributed by atoms with van der Waals surface area (Å²) in [5.41, 5.74) is -0.136. The van der Waals surface area contributed by atoms with Crippen LogP contribution in [0.25, 0.3) is 0 Å². The maximum Gasteiger partial charge on any atom is 0.354 e. The van der Waals surface area contributed by atoms with E-state index in [4.69, 9.17) is 5.11 Å². The van der Waals surface area contributed by atoms with Crippen LogP contribution in [-0.4, -0.2) is 46.0 Å². The normalized spacial score (nSPS) is 14.4. The molecule has 0 spiro atoms. The number of hydrogen-bond acceptors (Lipinski definition) is 5. The predicted octanol–water partition coefficient (Wildman–Crippen LogP) is -0.607. The second-order valence-electron chi connectivity index (χ2n) is 3.32. The molecule has 6 nitrogen and oxygen atoms in total. The van der Waals surface area contributed by atoms with Crippen LogP contribution >= 0.6 is 0 Å². The lowest BCUT2D eigenvalue weighted by Crippen LogP contribution is -2.30. The molecule has 1 rings (SSSR count). The highest BCUT2D eigenvalue weighted by Crippen LogP contribution is 2.19. The molecule has 0 amide bonds. The number of carboxylic acid groups (broad SMARTS) is 1. The highest BCUT2D eigenvalue weighted by molar-refractivity contribution is 5.87. The molecule has 0 bridgehead atoms. The van der Waals surface area contributed by atoms with Crippen molar-refractivity contribution in [3.8, 4) is 0 Å². The fourth-order valence-corrected chi connectivity index (χ4v) is 1.36. The van der Waals surface area contributed by atoms with Crippen molar-refractivity contribution in [1.29, 1.82) is 0 Å². The predicted molar refractivity (Wildman–Crippen MR) is 56.1 cm³/mol. The van der Waals surface area contributed by atoms with Gasteiger partial charge in [0, 0.05) is 18.3 Å². The second kappa shape index (κ2) is 5.55. The number of nitrogens with zero attached hydrogens (tertiary/aromatic N) is 1. The Morgan fingerprint density at radius 2 is 2.25 bits per heavy atom. The quantitative estimate of drug-likeness (QED) is 0.534. The Labute approximate surface area is 92.6 Å². The van der Waals surface area contributed by atoms with Gasteiger partial charge in [-0.1, -0.05) is 6.07 Å². The molecule has 0 fully saturated rings. The van der Waals surface area contributed by atoms with Gasteiger partial charge in [0.2, 0.25) is 0 Å². The summed E-state index contributed by atoms with van der Waals surface area (Å²) in [4.78, 5) is 14.5. The number of pyridine rings is 1. The molecule has 2 atom stereocenters. The molecule has 1 heterocycles. The minimum Gasteiger partial charge on any atom is -0.477 e. The SMILES string of the molecule is CNCC(O)C(O)c1cccnc1C(=O)O. The highest BCUT2D eigenvalue weighted by atomic mass is 16.4. The van der Waals surface area contributed by atoms with Gasteiger partial charge in [0.1, 0.15) is 6.10 Å². The number of likely N-dealkylation sites (N-methyl/N-ethyl adjacent to an activating group) is 1. The Kier molecular flexibility index (Phi) is 4.36. The molecular formula is C10H14N2O4. The van der Waals surface area contributed by atoms with Gasteiger partial charge >= 0.3 is 5.97 Å². The van der Waals surface area contributed by atoms with Crippen LogP contribution in [0.4, 0.5) is 0 Å². The first-order chi connectivity index (χ1) is 7.57. The van der Waals surface area contributed by atoms with Crippen LogP contribution in [0.2, 0.25) is 0 Å². The number of nitrogens with one attached hydrogen (secondary N) is 1. The van der Waals surface area contributed by atoms with Crippen LogP contribution in [0.3, 0.4) is 0 Å². The summed E-state index contributed by atoms with van der Waals surface area (Å²) in [5.74, 6) is -1.23. The van der Waals surface area contributed by atoms with Crippen molar-refractivity contribution in [2.45, 2.75) is 12.2 Å². The highest BCUT2D eigenvalue weighted by Gasteiger charge is 2.23. The topological polar surface area (TPSA) is 103 Å². The van der Waals surface area contributed by atoms with Crippen molar-refractivity contribution in [3.05, 3.63) is 29.6 Å². The smallest absolute Gasteiger partial charge is 0.354 e. The van der Waals surface area contributed by atoms with Crippen molar-refractivity contribution < 1.29 is 20.1 Å². The number of aromatic carboxylic acids is 1. The summed E-state index contributed by atoms with van der Waals surface area (Å²) in [7, 11) is 1.62. The monoisotopic (exact) mass is 226 g/mol. The lowest BCUT2D eigenvalue weighted by molar-refractivity contribution is 0.0189. The molecule has 0 aromatic carbocycles. The minimum atomic E-state index is -1.27. The molecule has 0 aliphatic carbocycles. The fraction of sp³-hybridized carbons (Fsp3) is 0.400. The molecule has 16 heavy (non-hydrogen) atoms. The van der Waals surface area contributed by atoms with E-state index in [0.29, 0.717) is 0 Å². The van der Waals surface area contributed by atoms with Crippen molar-refractivity contribution >= 4 is 5.97 Å². The molecule has 88 valence electrons.